The molecule has 1 rings (SSSR count). The monoisotopic (exact) mass is 323 g/mol. The number of methoxy groups -OCH3 is 1. The molecule has 0 spiro atoms. The smallest absolute Gasteiger partial charge is 0.186 e. The lowest BCUT2D eigenvalue weighted by Crippen LogP contribution is -2.31. The first kappa shape index (κ1) is 18.2. The molecular formula is C16H25N3O2S. The molecule has 0 aliphatic heterocycles. The summed E-state index contributed by atoms with van der Waals surface area (Å²) >= 11 is 5.03. The Morgan fingerprint density at radius 3 is 2.77 bits per heavy atom. The lowest BCUT2D eigenvalue weighted by atomic mass is 10.2. The molecule has 0 amide bonds. The number of nitrogens with one attached hydrogen (secondary N) is 2. The van der Waals surface area contributed by atoms with Crippen molar-refractivity contribution in [2.24, 2.45) is 5.10 Å². The molecule has 6 heteroatoms. The maximum atomic E-state index is 5.74. The Hall–Kier alpha value is -1.82. The van der Waals surface area contributed by atoms with Gasteiger partial charge in [-0.1, -0.05) is 19.8 Å². The van der Waals surface area contributed by atoms with E-state index in [1.54, 1.807) is 13.3 Å². The molecule has 0 saturated heterocycles. The SMILES string of the molecule is CCCCCOc1ccc(/C=N/NC(=S)NCC)cc1OC. The maximum Gasteiger partial charge on any atom is 0.186 e. The zero-order valence-electron chi connectivity index (χ0n) is 13.5. The van der Waals surface area contributed by atoms with Gasteiger partial charge in [0.05, 0.1) is 19.9 Å². The number of ether oxygens (including phenoxy) is 2. The first-order valence-electron chi connectivity index (χ1n) is 7.59. The molecule has 0 radical (unpaired) electrons. The average molecular weight is 323 g/mol. The van der Waals surface area contributed by atoms with E-state index in [0.717, 1.165) is 24.3 Å². The lowest BCUT2D eigenvalue weighted by molar-refractivity contribution is 0.286. The molecule has 0 unspecified atom stereocenters. The van der Waals surface area contributed by atoms with E-state index < -0.39 is 0 Å². The summed E-state index contributed by atoms with van der Waals surface area (Å²) in [5.41, 5.74) is 3.66. The molecule has 1 aromatic rings. The summed E-state index contributed by atoms with van der Waals surface area (Å²) < 4.78 is 11.1. The van der Waals surface area contributed by atoms with Crippen molar-refractivity contribution in [1.82, 2.24) is 10.7 Å². The van der Waals surface area contributed by atoms with Gasteiger partial charge in [-0.15, -0.1) is 0 Å². The number of nitrogens with zero attached hydrogens (tertiary/aromatic N) is 1. The van der Waals surface area contributed by atoms with Gasteiger partial charge in [-0.25, -0.2) is 0 Å². The molecule has 1 aromatic carbocycles. The van der Waals surface area contributed by atoms with Crippen LogP contribution in [0.25, 0.3) is 0 Å². The summed E-state index contributed by atoms with van der Waals surface area (Å²) in [5.74, 6) is 1.46. The third-order valence-corrected chi connectivity index (χ3v) is 3.15. The molecule has 0 bridgehead atoms. The highest BCUT2D eigenvalue weighted by Crippen LogP contribution is 2.27. The predicted molar refractivity (Wildman–Crippen MR) is 95.0 cm³/mol. The van der Waals surface area contributed by atoms with Gasteiger partial charge in [-0.2, -0.15) is 5.10 Å². The van der Waals surface area contributed by atoms with Crippen molar-refractivity contribution in [1.29, 1.82) is 0 Å². The number of hydrogen-bond acceptors (Lipinski definition) is 4. The fourth-order valence-electron chi connectivity index (χ4n) is 1.78. The summed E-state index contributed by atoms with van der Waals surface area (Å²) in [7, 11) is 1.63. The van der Waals surface area contributed by atoms with E-state index in [9.17, 15) is 0 Å². The summed E-state index contributed by atoms with van der Waals surface area (Å²) in [6.07, 6.45) is 5.09. The van der Waals surface area contributed by atoms with Crippen LogP contribution in [0.3, 0.4) is 0 Å². The quantitative estimate of drug-likeness (QED) is 0.316. The molecule has 0 atom stereocenters. The van der Waals surface area contributed by atoms with E-state index in [0.29, 0.717) is 17.5 Å². The second-order valence-electron chi connectivity index (χ2n) is 4.70. The Labute approximate surface area is 138 Å². The van der Waals surface area contributed by atoms with Crippen LogP contribution < -0.4 is 20.2 Å². The van der Waals surface area contributed by atoms with Gasteiger partial charge in [0.25, 0.3) is 0 Å². The van der Waals surface area contributed by atoms with Gasteiger partial charge < -0.3 is 14.8 Å². The van der Waals surface area contributed by atoms with Gasteiger partial charge in [0, 0.05) is 6.54 Å². The Kier molecular flexibility index (Phi) is 8.98. The fourth-order valence-corrected chi connectivity index (χ4v) is 1.98. The molecule has 122 valence electrons. The second kappa shape index (κ2) is 10.8. The number of thiocarbonyl (C=S) groups is 1. The Morgan fingerprint density at radius 2 is 2.09 bits per heavy atom. The van der Waals surface area contributed by atoms with Crippen LogP contribution in [-0.2, 0) is 0 Å². The molecule has 0 heterocycles. The van der Waals surface area contributed by atoms with Crippen molar-refractivity contribution >= 4 is 23.5 Å². The molecule has 0 saturated carbocycles. The fraction of sp³-hybridized carbons (Fsp3) is 0.500. The lowest BCUT2D eigenvalue weighted by Gasteiger charge is -2.11. The van der Waals surface area contributed by atoms with Crippen LogP contribution in [0.5, 0.6) is 11.5 Å². The topological polar surface area (TPSA) is 54.9 Å². The first-order chi connectivity index (χ1) is 10.7. The van der Waals surface area contributed by atoms with E-state index in [2.05, 4.69) is 22.8 Å². The van der Waals surface area contributed by atoms with Gasteiger partial charge >= 0.3 is 0 Å². The number of benzene rings is 1. The van der Waals surface area contributed by atoms with Crippen molar-refractivity contribution in [3.05, 3.63) is 23.8 Å². The van der Waals surface area contributed by atoms with E-state index >= 15 is 0 Å². The predicted octanol–water partition coefficient (Wildman–Crippen LogP) is 3.08. The first-order valence-corrected chi connectivity index (χ1v) is 7.99. The van der Waals surface area contributed by atoms with Crippen LogP contribution in [-0.4, -0.2) is 31.6 Å². The Morgan fingerprint density at radius 1 is 1.27 bits per heavy atom. The van der Waals surface area contributed by atoms with Crippen molar-refractivity contribution in [3.8, 4) is 11.5 Å². The Bertz CT molecular complexity index is 492. The molecule has 0 aliphatic rings. The van der Waals surface area contributed by atoms with E-state index in [1.165, 1.54) is 12.8 Å². The average Bonchev–Trinajstić information content (AvgIpc) is 2.52. The molecule has 2 N–H and O–H groups in total. The normalized spacial score (nSPS) is 10.5. The van der Waals surface area contributed by atoms with Crippen LogP contribution in [0.1, 0.15) is 38.7 Å². The van der Waals surface area contributed by atoms with E-state index in [4.69, 9.17) is 21.7 Å². The number of hydrogen-bond donors (Lipinski definition) is 2. The van der Waals surface area contributed by atoms with Crippen molar-refractivity contribution in [2.75, 3.05) is 20.3 Å². The third-order valence-electron chi connectivity index (χ3n) is 2.91. The van der Waals surface area contributed by atoms with Gasteiger partial charge in [0.15, 0.2) is 16.6 Å². The van der Waals surface area contributed by atoms with Gasteiger partial charge in [0.1, 0.15) is 0 Å². The highest BCUT2D eigenvalue weighted by molar-refractivity contribution is 7.80. The highest BCUT2D eigenvalue weighted by Gasteiger charge is 2.04. The summed E-state index contributed by atoms with van der Waals surface area (Å²) in [6, 6.07) is 5.71. The summed E-state index contributed by atoms with van der Waals surface area (Å²) in [6.45, 7) is 5.61. The van der Waals surface area contributed by atoms with Crippen molar-refractivity contribution in [3.63, 3.8) is 0 Å². The third kappa shape index (κ3) is 6.76. The van der Waals surface area contributed by atoms with Gasteiger partial charge in [-0.05, 0) is 49.3 Å². The highest BCUT2D eigenvalue weighted by atomic mass is 32.1. The summed E-state index contributed by atoms with van der Waals surface area (Å²) in [4.78, 5) is 0. The molecule has 0 aromatic heterocycles. The largest absolute Gasteiger partial charge is 0.493 e. The molecule has 0 fully saturated rings. The summed E-state index contributed by atoms with van der Waals surface area (Å²) in [5, 5.41) is 7.54. The minimum atomic E-state index is 0.501. The molecular weight excluding hydrogens is 298 g/mol. The zero-order chi connectivity index (χ0) is 16.2. The molecule has 5 nitrogen and oxygen atoms in total. The minimum Gasteiger partial charge on any atom is -0.493 e. The van der Waals surface area contributed by atoms with Crippen molar-refractivity contribution in [2.45, 2.75) is 33.1 Å². The van der Waals surface area contributed by atoms with Crippen LogP contribution in [0.4, 0.5) is 0 Å². The maximum absolute atomic E-state index is 5.74. The van der Waals surface area contributed by atoms with Crippen molar-refractivity contribution < 1.29 is 9.47 Å². The van der Waals surface area contributed by atoms with Crippen LogP contribution >= 0.6 is 12.2 Å². The minimum absolute atomic E-state index is 0.501. The standard InChI is InChI=1S/C16H25N3O2S/c1-4-6-7-10-21-14-9-8-13(11-15(14)20-3)12-18-19-16(22)17-5-2/h8-9,11-12H,4-7,10H2,1-3H3,(H2,17,19,22)/b18-12+. The molecule has 22 heavy (non-hydrogen) atoms. The number of hydrazone groups is 1. The number of unbranched alkanes of at least 4 members (excludes halogenated alkanes) is 2. The van der Waals surface area contributed by atoms with Gasteiger partial charge in [0.2, 0.25) is 0 Å². The van der Waals surface area contributed by atoms with Gasteiger partial charge in [-0.3, -0.25) is 5.43 Å². The van der Waals surface area contributed by atoms with E-state index in [-0.39, 0.29) is 0 Å². The van der Waals surface area contributed by atoms with Crippen LogP contribution in [0.15, 0.2) is 23.3 Å². The second-order valence-corrected chi connectivity index (χ2v) is 5.10. The van der Waals surface area contributed by atoms with Crippen LogP contribution in [0.2, 0.25) is 0 Å². The van der Waals surface area contributed by atoms with Crippen LogP contribution in [0, 0.1) is 0 Å². The number of rotatable bonds is 9. The van der Waals surface area contributed by atoms with E-state index in [1.807, 2.05) is 25.1 Å². The molecule has 0 aliphatic carbocycles. The Balaban J connectivity index is 2.59. The zero-order valence-corrected chi connectivity index (χ0v) is 14.3.